The Balaban J connectivity index is 1.22. The van der Waals surface area contributed by atoms with Gasteiger partial charge in [-0.25, -0.2) is 0 Å². The highest BCUT2D eigenvalue weighted by molar-refractivity contribution is 6.11. The minimum absolute atomic E-state index is 0.0706. The van der Waals surface area contributed by atoms with Crippen LogP contribution in [-0.2, 0) is 5.41 Å². The van der Waals surface area contributed by atoms with E-state index in [9.17, 15) is 10.2 Å². The quantitative estimate of drug-likeness (QED) is 0.145. The largest absolute Gasteiger partial charge is 0.491 e. The van der Waals surface area contributed by atoms with Crippen LogP contribution in [0.4, 0.5) is 0 Å². The molecule has 0 saturated carbocycles. The number of benzene rings is 9. The number of aliphatic hydroxyl groups is 2. The lowest BCUT2D eigenvalue weighted by atomic mass is 9.65. The zero-order valence-electron chi connectivity index (χ0n) is 32.9. The van der Waals surface area contributed by atoms with Crippen molar-refractivity contribution in [1.29, 1.82) is 0 Å². The Morgan fingerprint density at radius 3 is 1.57 bits per heavy atom. The van der Waals surface area contributed by atoms with E-state index in [0.29, 0.717) is 0 Å². The minimum atomic E-state index is -0.778. The average molecular weight is 780 g/mol. The zero-order chi connectivity index (χ0) is 40.2. The van der Waals surface area contributed by atoms with Crippen LogP contribution in [0.2, 0.25) is 0 Å². The van der Waals surface area contributed by atoms with Gasteiger partial charge in [0.2, 0.25) is 0 Å². The molecule has 0 saturated heterocycles. The van der Waals surface area contributed by atoms with Crippen LogP contribution in [0, 0.1) is 0 Å². The zero-order valence-corrected chi connectivity index (χ0v) is 32.9. The summed E-state index contributed by atoms with van der Waals surface area (Å²) < 4.78 is 14.7. The van der Waals surface area contributed by atoms with E-state index in [1.54, 1.807) is 0 Å². The Morgan fingerprint density at radius 1 is 0.383 bits per heavy atom. The van der Waals surface area contributed by atoms with E-state index in [-0.39, 0.29) is 26.4 Å². The number of ether oxygens (including phenoxy) is 2. The van der Waals surface area contributed by atoms with E-state index in [1.165, 1.54) is 44.1 Å². The maximum absolute atomic E-state index is 9.75. The van der Waals surface area contributed by atoms with Crippen molar-refractivity contribution in [1.82, 2.24) is 4.57 Å². The lowest BCUT2D eigenvalue weighted by Crippen LogP contribution is -2.29. The summed E-state index contributed by atoms with van der Waals surface area (Å²) in [7, 11) is 0. The van der Waals surface area contributed by atoms with Crippen molar-refractivity contribution in [3.63, 3.8) is 0 Å². The number of aliphatic hydroxyl groups excluding tert-OH is 2. The van der Waals surface area contributed by atoms with Crippen LogP contribution < -0.4 is 9.47 Å². The maximum atomic E-state index is 9.75. The van der Waals surface area contributed by atoms with Crippen molar-refractivity contribution in [2.45, 2.75) is 5.41 Å². The summed E-state index contributed by atoms with van der Waals surface area (Å²) >= 11 is 0. The van der Waals surface area contributed by atoms with Gasteiger partial charge in [0.25, 0.3) is 0 Å². The summed E-state index contributed by atoms with van der Waals surface area (Å²) in [6.45, 7) is 0.271. The summed E-state index contributed by atoms with van der Waals surface area (Å²) in [5.41, 5.74) is 12.0. The summed E-state index contributed by atoms with van der Waals surface area (Å²) in [5.74, 6) is 1.47. The standard InChI is InChI=1S/C55H41NO4/c57-30-32-59-53-28-25-48(40-15-4-6-18-44(40)53)55(49-26-29-54(60-33-31-58)45-19-7-5-16-41(45)49)47-20-10-8-14-39(47)42-24-22-37(35-50(42)55)36-23-27-52-46(34-36)43-17-9-11-21-51(43)56(52)38-12-2-1-3-13-38/h1-29,34-35,57-58H,30-33H2. The molecule has 0 aliphatic heterocycles. The van der Waals surface area contributed by atoms with Crippen LogP contribution in [0.25, 0.3) is 71.3 Å². The van der Waals surface area contributed by atoms with Crippen LogP contribution >= 0.6 is 0 Å². The molecule has 1 aromatic heterocycles. The summed E-state index contributed by atoms with van der Waals surface area (Å²) in [5, 5.41) is 26.0. The molecule has 5 nitrogen and oxygen atoms in total. The highest BCUT2D eigenvalue weighted by Gasteiger charge is 2.48. The molecule has 10 aromatic rings. The normalized spacial score (nSPS) is 12.9. The van der Waals surface area contributed by atoms with E-state index < -0.39 is 5.41 Å². The van der Waals surface area contributed by atoms with Crippen LogP contribution in [0.5, 0.6) is 11.5 Å². The molecular formula is C55H41NO4. The Labute approximate surface area is 347 Å². The predicted octanol–water partition coefficient (Wildman–Crippen LogP) is 11.9. The molecule has 290 valence electrons. The lowest BCUT2D eigenvalue weighted by Gasteiger charge is -2.36. The van der Waals surface area contributed by atoms with Gasteiger partial charge in [-0.1, -0.05) is 140 Å². The minimum Gasteiger partial charge on any atom is -0.491 e. The van der Waals surface area contributed by atoms with Crippen LogP contribution in [0.3, 0.4) is 0 Å². The molecule has 1 heterocycles. The van der Waals surface area contributed by atoms with Crippen LogP contribution in [-0.4, -0.2) is 41.2 Å². The molecule has 0 radical (unpaired) electrons. The highest BCUT2D eigenvalue weighted by Crippen LogP contribution is 2.60. The third-order valence-electron chi connectivity index (χ3n) is 12.3. The second kappa shape index (κ2) is 14.6. The van der Waals surface area contributed by atoms with Gasteiger partial charge in [0.15, 0.2) is 0 Å². The van der Waals surface area contributed by atoms with Gasteiger partial charge in [0.1, 0.15) is 24.7 Å². The van der Waals surface area contributed by atoms with E-state index in [2.05, 4.69) is 180 Å². The molecule has 0 fully saturated rings. The summed E-state index contributed by atoms with van der Waals surface area (Å²) in [6, 6.07) is 67.5. The number of hydrogen-bond donors (Lipinski definition) is 2. The van der Waals surface area contributed by atoms with Crippen molar-refractivity contribution < 1.29 is 19.7 Å². The third kappa shape index (κ3) is 5.40. The molecule has 2 N–H and O–H groups in total. The smallest absolute Gasteiger partial charge is 0.127 e. The first kappa shape index (κ1) is 35.9. The molecule has 9 aromatic carbocycles. The van der Waals surface area contributed by atoms with E-state index in [4.69, 9.17) is 9.47 Å². The third-order valence-corrected chi connectivity index (χ3v) is 12.3. The Bertz CT molecular complexity index is 3160. The number of rotatable bonds is 10. The second-order valence-electron chi connectivity index (χ2n) is 15.4. The van der Waals surface area contributed by atoms with Crippen molar-refractivity contribution >= 4 is 43.4 Å². The second-order valence-corrected chi connectivity index (χ2v) is 15.4. The number of nitrogens with zero attached hydrogens (tertiary/aromatic N) is 1. The fourth-order valence-corrected chi connectivity index (χ4v) is 9.95. The fourth-order valence-electron chi connectivity index (χ4n) is 9.95. The monoisotopic (exact) mass is 779 g/mol. The molecule has 0 bridgehead atoms. The first-order chi connectivity index (χ1) is 29.7. The first-order valence-corrected chi connectivity index (χ1v) is 20.6. The van der Waals surface area contributed by atoms with Crippen molar-refractivity contribution in [3.05, 3.63) is 210 Å². The molecule has 1 aliphatic carbocycles. The van der Waals surface area contributed by atoms with Crippen molar-refractivity contribution in [2.75, 3.05) is 26.4 Å². The number of para-hydroxylation sites is 2. The molecule has 11 rings (SSSR count). The van der Waals surface area contributed by atoms with Gasteiger partial charge in [0.05, 0.1) is 29.7 Å². The summed E-state index contributed by atoms with van der Waals surface area (Å²) in [6.07, 6.45) is 0. The molecule has 0 amide bonds. The van der Waals surface area contributed by atoms with Crippen LogP contribution in [0.1, 0.15) is 22.3 Å². The van der Waals surface area contributed by atoms with E-state index >= 15 is 0 Å². The van der Waals surface area contributed by atoms with Crippen LogP contribution in [0.15, 0.2) is 188 Å². The molecule has 5 heteroatoms. The highest BCUT2D eigenvalue weighted by atomic mass is 16.5. The molecule has 0 spiro atoms. The van der Waals surface area contributed by atoms with E-state index in [1.807, 2.05) is 12.1 Å². The van der Waals surface area contributed by atoms with E-state index in [0.717, 1.165) is 61.0 Å². The molecule has 60 heavy (non-hydrogen) atoms. The lowest BCUT2D eigenvalue weighted by molar-refractivity contribution is 0.203. The van der Waals surface area contributed by atoms with Gasteiger partial charge in [-0.3, -0.25) is 0 Å². The number of fused-ring (bicyclic) bond motifs is 8. The average Bonchev–Trinajstić information content (AvgIpc) is 3.80. The van der Waals surface area contributed by atoms with Gasteiger partial charge < -0.3 is 24.3 Å². The van der Waals surface area contributed by atoms with Gasteiger partial charge in [-0.05, 0) is 104 Å². The topological polar surface area (TPSA) is 63.9 Å². The molecule has 1 aliphatic rings. The Hall–Kier alpha value is -7.18. The summed E-state index contributed by atoms with van der Waals surface area (Å²) in [4.78, 5) is 0. The van der Waals surface area contributed by atoms with Crippen molar-refractivity contribution in [2.24, 2.45) is 0 Å². The fraction of sp³-hybridized carbons (Fsp3) is 0.0909. The molecule has 0 atom stereocenters. The van der Waals surface area contributed by atoms with Crippen molar-refractivity contribution in [3.8, 4) is 39.4 Å². The SMILES string of the molecule is OCCOc1ccc(C2(c3ccc(OCCO)c4ccccc34)c3ccccc3-c3ccc(-c4ccc5c(c4)c4ccccc4n5-c4ccccc4)cc32)c2ccccc12. The maximum Gasteiger partial charge on any atom is 0.127 e. The Morgan fingerprint density at radius 2 is 0.900 bits per heavy atom. The first-order valence-electron chi connectivity index (χ1n) is 20.6. The number of aromatic nitrogens is 1. The Kier molecular flexibility index (Phi) is 8.73. The predicted molar refractivity (Wildman–Crippen MR) is 244 cm³/mol. The van der Waals surface area contributed by atoms with Gasteiger partial charge >= 0.3 is 0 Å². The molecular weight excluding hydrogens is 739 g/mol. The van der Waals surface area contributed by atoms with Gasteiger partial charge in [-0.2, -0.15) is 0 Å². The van der Waals surface area contributed by atoms with Gasteiger partial charge in [0, 0.05) is 27.2 Å². The molecule has 0 unspecified atom stereocenters. The number of hydrogen-bond acceptors (Lipinski definition) is 4. The van der Waals surface area contributed by atoms with Gasteiger partial charge in [-0.15, -0.1) is 0 Å².